The molecule has 1 heterocycles. The first-order valence-electron chi connectivity index (χ1n) is 6.81. The van der Waals surface area contributed by atoms with Crippen molar-refractivity contribution >= 4 is 11.9 Å². The third-order valence-corrected chi connectivity index (χ3v) is 3.75. The first kappa shape index (κ1) is 13.4. The van der Waals surface area contributed by atoms with Crippen LogP contribution in [-0.4, -0.2) is 21.9 Å². The number of fused-ring (bicyclic) bond motifs is 1. The number of aliphatic carboxylic acids is 1. The van der Waals surface area contributed by atoms with Gasteiger partial charge in [-0.2, -0.15) is 0 Å². The van der Waals surface area contributed by atoms with Crippen molar-refractivity contribution in [2.75, 3.05) is 0 Å². The Balaban J connectivity index is 1.99. The smallest absolute Gasteiger partial charge is 0.331 e. The summed E-state index contributed by atoms with van der Waals surface area (Å²) in [7, 11) is 0. The van der Waals surface area contributed by atoms with E-state index in [1.165, 1.54) is 4.90 Å². The van der Waals surface area contributed by atoms with E-state index in [9.17, 15) is 14.7 Å². The van der Waals surface area contributed by atoms with Crippen LogP contribution in [0.4, 0.5) is 0 Å². The Bertz CT molecular complexity index is 681. The summed E-state index contributed by atoms with van der Waals surface area (Å²) in [6, 6.07) is 15.8. The molecule has 3 rings (SSSR count). The summed E-state index contributed by atoms with van der Waals surface area (Å²) in [4.78, 5) is 25.5. The highest BCUT2D eigenvalue weighted by Crippen LogP contribution is 2.31. The lowest BCUT2D eigenvalue weighted by Gasteiger charge is -2.34. The molecule has 0 fully saturated rings. The molecule has 0 aromatic heterocycles. The molecule has 0 aliphatic carbocycles. The molecule has 1 aliphatic heterocycles. The van der Waals surface area contributed by atoms with Gasteiger partial charge < -0.3 is 10.0 Å². The molecule has 2 aromatic carbocycles. The molecule has 0 saturated carbocycles. The number of nitrogens with zero attached hydrogens (tertiary/aromatic N) is 1. The van der Waals surface area contributed by atoms with Crippen LogP contribution >= 0.6 is 0 Å². The zero-order chi connectivity index (χ0) is 14.8. The van der Waals surface area contributed by atoms with Gasteiger partial charge in [0, 0.05) is 6.54 Å². The highest BCUT2D eigenvalue weighted by Gasteiger charge is 2.36. The molecule has 21 heavy (non-hydrogen) atoms. The zero-order valence-corrected chi connectivity index (χ0v) is 11.4. The van der Waals surface area contributed by atoms with E-state index in [0.717, 1.165) is 11.1 Å². The largest absolute Gasteiger partial charge is 0.479 e. The molecule has 106 valence electrons. The first-order valence-corrected chi connectivity index (χ1v) is 6.81. The monoisotopic (exact) mass is 281 g/mol. The minimum absolute atomic E-state index is 0.148. The number of carboxylic acid groups (broad SMARTS) is 1. The summed E-state index contributed by atoms with van der Waals surface area (Å²) < 4.78 is 0. The van der Waals surface area contributed by atoms with E-state index >= 15 is 0 Å². The van der Waals surface area contributed by atoms with E-state index in [1.54, 1.807) is 6.07 Å². The van der Waals surface area contributed by atoms with Crippen LogP contribution in [0.25, 0.3) is 0 Å². The molecule has 0 unspecified atom stereocenters. The number of hydrogen-bond donors (Lipinski definition) is 1. The van der Waals surface area contributed by atoms with Gasteiger partial charge in [-0.05, 0) is 16.7 Å². The number of hydrogen-bond acceptors (Lipinski definition) is 2. The van der Waals surface area contributed by atoms with E-state index < -0.39 is 12.0 Å². The molecule has 2 aromatic rings. The van der Waals surface area contributed by atoms with Gasteiger partial charge in [0.05, 0.1) is 6.42 Å². The van der Waals surface area contributed by atoms with Gasteiger partial charge in [0.25, 0.3) is 0 Å². The number of benzene rings is 2. The lowest BCUT2D eigenvalue weighted by molar-refractivity contribution is -0.152. The highest BCUT2D eigenvalue weighted by atomic mass is 16.4. The van der Waals surface area contributed by atoms with Crippen LogP contribution in [0.1, 0.15) is 22.7 Å². The van der Waals surface area contributed by atoms with Crippen molar-refractivity contribution in [3.8, 4) is 0 Å². The van der Waals surface area contributed by atoms with Crippen molar-refractivity contribution in [2.24, 2.45) is 0 Å². The fraction of sp³-hybridized carbons (Fsp3) is 0.176. The van der Waals surface area contributed by atoms with Crippen LogP contribution in [-0.2, 0) is 22.6 Å². The maximum Gasteiger partial charge on any atom is 0.331 e. The standard InChI is InChI=1S/C17H15NO3/c19-15-10-13-8-4-5-9-14(13)16(17(20)21)18(15)11-12-6-2-1-3-7-12/h1-9,16H,10-11H2,(H,20,21)/t16-/m0/s1. The van der Waals surface area contributed by atoms with Gasteiger partial charge in [-0.1, -0.05) is 54.6 Å². The average molecular weight is 281 g/mol. The molecule has 0 saturated heterocycles. The third-order valence-electron chi connectivity index (χ3n) is 3.75. The molecule has 0 radical (unpaired) electrons. The van der Waals surface area contributed by atoms with E-state index in [0.29, 0.717) is 12.1 Å². The summed E-state index contributed by atoms with van der Waals surface area (Å²) in [6.07, 6.45) is 0.257. The normalized spacial score (nSPS) is 17.4. The van der Waals surface area contributed by atoms with Gasteiger partial charge in [-0.3, -0.25) is 4.79 Å². The van der Waals surface area contributed by atoms with Crippen molar-refractivity contribution in [1.82, 2.24) is 4.90 Å². The minimum Gasteiger partial charge on any atom is -0.479 e. The Morgan fingerprint density at radius 1 is 1.10 bits per heavy atom. The number of carbonyl (C=O) groups is 2. The molecule has 1 amide bonds. The van der Waals surface area contributed by atoms with Crippen LogP contribution in [0.15, 0.2) is 54.6 Å². The molecule has 4 heteroatoms. The Morgan fingerprint density at radius 2 is 1.76 bits per heavy atom. The van der Waals surface area contributed by atoms with E-state index in [1.807, 2.05) is 48.5 Å². The van der Waals surface area contributed by atoms with Gasteiger partial charge in [0.15, 0.2) is 6.04 Å². The number of carbonyl (C=O) groups excluding carboxylic acids is 1. The molecule has 4 nitrogen and oxygen atoms in total. The summed E-state index contributed by atoms with van der Waals surface area (Å²) in [5.74, 6) is -1.14. The summed E-state index contributed by atoms with van der Waals surface area (Å²) in [6.45, 7) is 0.310. The van der Waals surface area contributed by atoms with Crippen molar-refractivity contribution in [3.63, 3.8) is 0 Å². The molecule has 1 atom stereocenters. The Kier molecular flexibility index (Phi) is 3.44. The molecule has 1 N–H and O–H groups in total. The summed E-state index contributed by atoms with van der Waals surface area (Å²) in [5, 5.41) is 9.56. The Morgan fingerprint density at radius 3 is 2.48 bits per heavy atom. The number of carboxylic acids is 1. The van der Waals surface area contributed by atoms with E-state index in [4.69, 9.17) is 0 Å². The predicted molar refractivity (Wildman–Crippen MR) is 77.5 cm³/mol. The van der Waals surface area contributed by atoms with E-state index in [-0.39, 0.29) is 12.3 Å². The Labute approximate surface area is 122 Å². The van der Waals surface area contributed by atoms with Crippen LogP contribution in [0.3, 0.4) is 0 Å². The molecule has 1 aliphatic rings. The highest BCUT2D eigenvalue weighted by molar-refractivity contribution is 5.89. The van der Waals surface area contributed by atoms with Gasteiger partial charge in [0.1, 0.15) is 0 Å². The summed E-state index contributed by atoms with van der Waals surface area (Å²) >= 11 is 0. The van der Waals surface area contributed by atoms with Crippen LogP contribution < -0.4 is 0 Å². The molecular weight excluding hydrogens is 266 g/mol. The van der Waals surface area contributed by atoms with E-state index in [2.05, 4.69) is 0 Å². The van der Waals surface area contributed by atoms with Crippen molar-refractivity contribution < 1.29 is 14.7 Å². The zero-order valence-electron chi connectivity index (χ0n) is 11.4. The van der Waals surface area contributed by atoms with Gasteiger partial charge in [-0.15, -0.1) is 0 Å². The SMILES string of the molecule is O=C(O)[C@@H]1c2ccccc2CC(=O)N1Cc1ccccc1. The van der Waals surface area contributed by atoms with Gasteiger partial charge in [-0.25, -0.2) is 4.79 Å². The molecule has 0 spiro atoms. The quantitative estimate of drug-likeness (QED) is 0.939. The fourth-order valence-electron chi connectivity index (χ4n) is 2.76. The van der Waals surface area contributed by atoms with Crippen molar-refractivity contribution in [3.05, 3.63) is 71.3 Å². The number of amides is 1. The minimum atomic E-state index is -0.994. The maximum atomic E-state index is 12.3. The molecule has 0 bridgehead atoms. The van der Waals surface area contributed by atoms with Crippen LogP contribution in [0.2, 0.25) is 0 Å². The number of rotatable bonds is 3. The van der Waals surface area contributed by atoms with Crippen molar-refractivity contribution in [2.45, 2.75) is 19.0 Å². The summed E-state index contributed by atoms with van der Waals surface area (Å²) in [5.41, 5.74) is 2.44. The fourth-order valence-corrected chi connectivity index (χ4v) is 2.76. The topological polar surface area (TPSA) is 57.6 Å². The second-order valence-corrected chi connectivity index (χ2v) is 5.12. The van der Waals surface area contributed by atoms with Gasteiger partial charge in [0.2, 0.25) is 5.91 Å². The Hall–Kier alpha value is -2.62. The second-order valence-electron chi connectivity index (χ2n) is 5.12. The van der Waals surface area contributed by atoms with Crippen LogP contribution in [0.5, 0.6) is 0 Å². The van der Waals surface area contributed by atoms with Crippen molar-refractivity contribution in [1.29, 1.82) is 0 Å². The second kappa shape index (κ2) is 5.40. The lowest BCUT2D eigenvalue weighted by atomic mass is 9.91. The average Bonchev–Trinajstić information content (AvgIpc) is 2.48. The predicted octanol–water partition coefficient (Wildman–Crippen LogP) is 2.40. The maximum absolute atomic E-state index is 12.3. The molecular formula is C17H15NO3. The van der Waals surface area contributed by atoms with Crippen LogP contribution in [0, 0.1) is 0 Å². The lowest BCUT2D eigenvalue weighted by Crippen LogP contribution is -2.43. The van der Waals surface area contributed by atoms with Gasteiger partial charge >= 0.3 is 5.97 Å². The third kappa shape index (κ3) is 2.52. The first-order chi connectivity index (χ1) is 10.2.